The maximum atomic E-state index is 3.61. The van der Waals surface area contributed by atoms with Crippen LogP contribution in [0.15, 0.2) is 30.3 Å². The van der Waals surface area contributed by atoms with Gasteiger partial charge in [0.05, 0.1) is 0 Å². The minimum atomic E-state index is 0.161. The van der Waals surface area contributed by atoms with Gasteiger partial charge in [-0.25, -0.2) is 0 Å². The van der Waals surface area contributed by atoms with Crippen LogP contribution < -0.4 is 5.32 Å². The topological polar surface area (TPSA) is 15.3 Å². The minimum absolute atomic E-state index is 0.161. The Labute approximate surface area is 125 Å². The van der Waals surface area contributed by atoms with Crippen molar-refractivity contribution in [3.8, 4) is 0 Å². The lowest BCUT2D eigenvalue weighted by Crippen LogP contribution is -2.46. The van der Waals surface area contributed by atoms with Crippen LogP contribution in [0, 0.1) is 0 Å². The Morgan fingerprint density at radius 2 is 1.85 bits per heavy atom. The molecule has 0 aliphatic heterocycles. The van der Waals surface area contributed by atoms with Gasteiger partial charge >= 0.3 is 0 Å². The van der Waals surface area contributed by atoms with Crippen LogP contribution in [0.1, 0.15) is 46.1 Å². The lowest BCUT2D eigenvalue weighted by molar-refractivity contribution is 0.196. The van der Waals surface area contributed by atoms with Crippen LogP contribution in [0.3, 0.4) is 0 Å². The van der Waals surface area contributed by atoms with Gasteiger partial charge in [0.2, 0.25) is 0 Å². The second-order valence-corrected chi connectivity index (χ2v) is 6.28. The van der Waals surface area contributed by atoms with Crippen molar-refractivity contribution in [1.82, 2.24) is 10.2 Å². The molecule has 0 radical (unpaired) electrons. The fourth-order valence-corrected chi connectivity index (χ4v) is 2.65. The standard InChI is InChI=1S/C18H32N2/c1-6-13-19-14-18(4,15-20(5)16(3)7-2)17-11-9-8-10-12-17/h8-12,16,19H,6-7,13-15H2,1-5H3. The summed E-state index contributed by atoms with van der Waals surface area (Å²) in [7, 11) is 2.25. The molecule has 1 aromatic carbocycles. The first-order valence-corrected chi connectivity index (χ1v) is 8.00. The average Bonchev–Trinajstić information content (AvgIpc) is 2.47. The van der Waals surface area contributed by atoms with E-state index in [9.17, 15) is 0 Å². The number of rotatable bonds is 9. The van der Waals surface area contributed by atoms with Gasteiger partial charge < -0.3 is 10.2 Å². The third kappa shape index (κ3) is 4.92. The molecule has 20 heavy (non-hydrogen) atoms. The van der Waals surface area contributed by atoms with Gasteiger partial charge in [0.15, 0.2) is 0 Å². The molecule has 1 aromatic rings. The molecule has 2 heteroatoms. The van der Waals surface area contributed by atoms with Crippen molar-refractivity contribution in [3.63, 3.8) is 0 Å². The lowest BCUT2D eigenvalue weighted by atomic mass is 9.81. The number of hydrogen-bond acceptors (Lipinski definition) is 2. The predicted octanol–water partition coefficient (Wildman–Crippen LogP) is 3.67. The van der Waals surface area contributed by atoms with Gasteiger partial charge in [-0.15, -0.1) is 0 Å². The van der Waals surface area contributed by atoms with Crippen LogP contribution >= 0.6 is 0 Å². The Balaban J connectivity index is 2.84. The fraction of sp³-hybridized carbons (Fsp3) is 0.667. The highest BCUT2D eigenvalue weighted by Gasteiger charge is 2.28. The Hall–Kier alpha value is -0.860. The Morgan fingerprint density at radius 1 is 1.20 bits per heavy atom. The maximum Gasteiger partial charge on any atom is 0.0177 e. The van der Waals surface area contributed by atoms with Crippen molar-refractivity contribution in [2.45, 2.75) is 52.0 Å². The second kappa shape index (κ2) is 8.43. The van der Waals surface area contributed by atoms with Crippen LogP contribution in [-0.2, 0) is 5.41 Å². The third-order valence-electron chi connectivity index (χ3n) is 4.35. The largest absolute Gasteiger partial charge is 0.316 e. The predicted molar refractivity (Wildman–Crippen MR) is 89.3 cm³/mol. The van der Waals surface area contributed by atoms with Crippen molar-refractivity contribution in [2.75, 3.05) is 26.7 Å². The summed E-state index contributed by atoms with van der Waals surface area (Å²) in [5.74, 6) is 0. The van der Waals surface area contributed by atoms with E-state index in [4.69, 9.17) is 0 Å². The summed E-state index contributed by atoms with van der Waals surface area (Å²) in [5.41, 5.74) is 1.59. The summed E-state index contributed by atoms with van der Waals surface area (Å²) in [6, 6.07) is 11.6. The first kappa shape index (κ1) is 17.2. The third-order valence-corrected chi connectivity index (χ3v) is 4.35. The van der Waals surface area contributed by atoms with Crippen LogP contribution in [0.2, 0.25) is 0 Å². The van der Waals surface area contributed by atoms with Crippen LogP contribution in [0.25, 0.3) is 0 Å². The zero-order valence-corrected chi connectivity index (χ0v) is 13.9. The molecule has 114 valence electrons. The molecule has 0 spiro atoms. The molecular formula is C18H32N2. The minimum Gasteiger partial charge on any atom is -0.316 e. The van der Waals surface area contributed by atoms with E-state index in [0.29, 0.717) is 6.04 Å². The number of hydrogen-bond donors (Lipinski definition) is 1. The van der Waals surface area contributed by atoms with E-state index in [1.54, 1.807) is 0 Å². The maximum absolute atomic E-state index is 3.61. The lowest BCUT2D eigenvalue weighted by Gasteiger charge is -2.37. The molecule has 1 rings (SSSR count). The number of benzene rings is 1. The zero-order valence-electron chi connectivity index (χ0n) is 13.9. The SMILES string of the molecule is CCCNCC(C)(CN(C)C(C)CC)c1ccccc1. The summed E-state index contributed by atoms with van der Waals surface area (Å²) in [6.45, 7) is 12.4. The molecular weight excluding hydrogens is 244 g/mol. The van der Waals surface area contributed by atoms with E-state index >= 15 is 0 Å². The van der Waals surface area contributed by atoms with Crippen molar-refractivity contribution in [1.29, 1.82) is 0 Å². The summed E-state index contributed by atoms with van der Waals surface area (Å²) in [6.07, 6.45) is 2.38. The van der Waals surface area contributed by atoms with E-state index in [-0.39, 0.29) is 5.41 Å². The molecule has 0 aromatic heterocycles. The van der Waals surface area contributed by atoms with Gasteiger partial charge in [0.1, 0.15) is 0 Å². The van der Waals surface area contributed by atoms with Gasteiger partial charge in [0.25, 0.3) is 0 Å². The molecule has 0 fully saturated rings. The van der Waals surface area contributed by atoms with Gasteiger partial charge in [-0.1, -0.05) is 51.1 Å². The highest BCUT2D eigenvalue weighted by atomic mass is 15.1. The summed E-state index contributed by atoms with van der Waals surface area (Å²) < 4.78 is 0. The van der Waals surface area contributed by atoms with Gasteiger partial charge in [-0.2, -0.15) is 0 Å². The van der Waals surface area contributed by atoms with E-state index in [0.717, 1.165) is 19.6 Å². The smallest absolute Gasteiger partial charge is 0.0177 e. The van der Waals surface area contributed by atoms with E-state index in [1.165, 1.54) is 18.4 Å². The van der Waals surface area contributed by atoms with Gasteiger partial charge in [0, 0.05) is 24.5 Å². The average molecular weight is 276 g/mol. The number of nitrogens with zero attached hydrogens (tertiary/aromatic N) is 1. The summed E-state index contributed by atoms with van der Waals surface area (Å²) in [4.78, 5) is 2.49. The van der Waals surface area contributed by atoms with Gasteiger partial charge in [-0.3, -0.25) is 0 Å². The van der Waals surface area contributed by atoms with Crippen LogP contribution in [0.4, 0.5) is 0 Å². The summed E-state index contributed by atoms with van der Waals surface area (Å²) in [5, 5.41) is 3.61. The molecule has 0 saturated heterocycles. The monoisotopic (exact) mass is 276 g/mol. The molecule has 0 aliphatic rings. The Morgan fingerprint density at radius 3 is 2.40 bits per heavy atom. The second-order valence-electron chi connectivity index (χ2n) is 6.28. The fourth-order valence-electron chi connectivity index (χ4n) is 2.65. The molecule has 2 atom stereocenters. The molecule has 0 bridgehead atoms. The van der Waals surface area contributed by atoms with Crippen molar-refractivity contribution in [3.05, 3.63) is 35.9 Å². The quantitative estimate of drug-likeness (QED) is 0.692. The molecule has 0 amide bonds. The van der Waals surface area contributed by atoms with Crippen LogP contribution in [-0.4, -0.2) is 37.6 Å². The highest BCUT2D eigenvalue weighted by Crippen LogP contribution is 2.25. The van der Waals surface area contributed by atoms with E-state index in [2.05, 4.69) is 75.3 Å². The zero-order chi connectivity index (χ0) is 15.0. The Kier molecular flexibility index (Phi) is 7.25. The number of nitrogens with one attached hydrogen (secondary N) is 1. The van der Waals surface area contributed by atoms with Crippen molar-refractivity contribution >= 4 is 0 Å². The van der Waals surface area contributed by atoms with Gasteiger partial charge in [-0.05, 0) is 38.9 Å². The normalized spacial score (nSPS) is 16.1. The first-order chi connectivity index (χ1) is 9.53. The van der Waals surface area contributed by atoms with Crippen molar-refractivity contribution in [2.24, 2.45) is 0 Å². The molecule has 2 unspecified atom stereocenters. The Bertz CT molecular complexity index is 363. The van der Waals surface area contributed by atoms with E-state index in [1.807, 2.05) is 0 Å². The molecule has 2 nitrogen and oxygen atoms in total. The molecule has 1 N–H and O–H groups in total. The highest BCUT2D eigenvalue weighted by molar-refractivity contribution is 5.25. The number of likely N-dealkylation sites (N-methyl/N-ethyl adjacent to an activating group) is 1. The van der Waals surface area contributed by atoms with Crippen LogP contribution in [0.5, 0.6) is 0 Å². The molecule has 0 aliphatic carbocycles. The summed E-state index contributed by atoms with van der Waals surface area (Å²) >= 11 is 0. The first-order valence-electron chi connectivity index (χ1n) is 8.00. The molecule has 0 saturated carbocycles. The molecule has 0 heterocycles. The van der Waals surface area contributed by atoms with E-state index < -0.39 is 0 Å². The van der Waals surface area contributed by atoms with Crippen molar-refractivity contribution < 1.29 is 0 Å².